The highest BCUT2D eigenvalue weighted by Crippen LogP contribution is 2.10. The zero-order valence-corrected chi connectivity index (χ0v) is 9.78. The molecule has 84 valence electrons. The van der Waals surface area contributed by atoms with Crippen LogP contribution in [0.2, 0.25) is 0 Å². The van der Waals surface area contributed by atoms with Crippen LogP contribution in [0.5, 0.6) is 5.75 Å². The summed E-state index contributed by atoms with van der Waals surface area (Å²) >= 11 is 0. The molecule has 0 aliphatic rings. The van der Waals surface area contributed by atoms with Crippen molar-refractivity contribution in [1.29, 1.82) is 0 Å². The first kappa shape index (κ1) is 12.1. The molecular formula is C13H21NO. The Bertz CT molecular complexity index is 248. The lowest BCUT2D eigenvalue weighted by Crippen LogP contribution is -2.23. The molecule has 1 aromatic carbocycles. The molecule has 0 saturated carbocycles. The summed E-state index contributed by atoms with van der Waals surface area (Å²) in [6, 6.07) is 9.92. The van der Waals surface area contributed by atoms with Gasteiger partial charge in [0.1, 0.15) is 5.75 Å². The van der Waals surface area contributed by atoms with Crippen LogP contribution in [0.15, 0.2) is 30.3 Å². The molecule has 0 aromatic heterocycles. The Hall–Kier alpha value is -1.02. The van der Waals surface area contributed by atoms with E-state index in [1.54, 1.807) is 0 Å². The monoisotopic (exact) mass is 207 g/mol. The van der Waals surface area contributed by atoms with Gasteiger partial charge in [0, 0.05) is 13.6 Å². The molecule has 0 aliphatic heterocycles. The Morgan fingerprint density at radius 3 is 2.47 bits per heavy atom. The molecule has 2 heteroatoms. The molecule has 0 fully saturated rings. The molecule has 0 bridgehead atoms. The van der Waals surface area contributed by atoms with Gasteiger partial charge in [-0.3, -0.25) is 0 Å². The van der Waals surface area contributed by atoms with Crippen molar-refractivity contribution in [3.63, 3.8) is 0 Å². The van der Waals surface area contributed by atoms with E-state index in [2.05, 4.69) is 6.92 Å². The fraction of sp³-hybridized carbons (Fsp3) is 0.538. The third-order valence-electron chi connectivity index (χ3n) is 2.33. The molecule has 1 rings (SSSR count). The summed E-state index contributed by atoms with van der Waals surface area (Å²) in [5, 5.41) is 1.91. The lowest BCUT2D eigenvalue weighted by molar-refractivity contribution is -0.0327. The third-order valence-corrected chi connectivity index (χ3v) is 2.33. The van der Waals surface area contributed by atoms with Gasteiger partial charge in [0.05, 0.1) is 0 Å². The highest BCUT2D eigenvalue weighted by atomic mass is 16.7. The maximum atomic E-state index is 5.63. The fourth-order valence-electron chi connectivity index (χ4n) is 1.47. The van der Waals surface area contributed by atoms with Crippen LogP contribution in [-0.4, -0.2) is 18.7 Å². The minimum absolute atomic E-state index is 0.912. The number of rotatable bonds is 7. The molecule has 0 unspecified atom stereocenters. The van der Waals surface area contributed by atoms with Gasteiger partial charge < -0.3 is 4.84 Å². The number of benzene rings is 1. The first-order valence-electron chi connectivity index (χ1n) is 5.77. The van der Waals surface area contributed by atoms with E-state index in [0.29, 0.717) is 0 Å². The predicted octanol–water partition coefficient (Wildman–Crippen LogP) is 3.49. The van der Waals surface area contributed by atoms with Crippen LogP contribution >= 0.6 is 0 Å². The minimum Gasteiger partial charge on any atom is -0.406 e. The van der Waals surface area contributed by atoms with Gasteiger partial charge in [0.2, 0.25) is 0 Å². The molecule has 2 nitrogen and oxygen atoms in total. The Kier molecular flexibility index (Phi) is 5.86. The van der Waals surface area contributed by atoms with E-state index in [0.717, 1.165) is 12.3 Å². The van der Waals surface area contributed by atoms with Crippen molar-refractivity contribution in [3.05, 3.63) is 30.3 Å². The molecule has 0 amide bonds. The van der Waals surface area contributed by atoms with Crippen molar-refractivity contribution in [2.45, 2.75) is 32.6 Å². The molecule has 15 heavy (non-hydrogen) atoms. The molecule has 0 saturated heterocycles. The summed E-state index contributed by atoms with van der Waals surface area (Å²) in [7, 11) is 1.99. The summed E-state index contributed by atoms with van der Waals surface area (Å²) in [5.41, 5.74) is 0. The van der Waals surface area contributed by atoms with Gasteiger partial charge in [-0.15, -0.1) is 5.06 Å². The smallest absolute Gasteiger partial charge is 0.147 e. The Morgan fingerprint density at radius 2 is 1.80 bits per heavy atom. The zero-order valence-electron chi connectivity index (χ0n) is 9.78. The third kappa shape index (κ3) is 5.43. The van der Waals surface area contributed by atoms with Gasteiger partial charge in [-0.1, -0.05) is 44.4 Å². The average Bonchev–Trinajstić information content (AvgIpc) is 2.26. The highest BCUT2D eigenvalue weighted by Gasteiger charge is 1.99. The number of para-hydroxylation sites is 1. The number of unbranched alkanes of at least 4 members (excludes halogenated alkanes) is 3. The average molecular weight is 207 g/mol. The van der Waals surface area contributed by atoms with Gasteiger partial charge in [-0.2, -0.15) is 0 Å². The molecule has 0 radical (unpaired) electrons. The van der Waals surface area contributed by atoms with Gasteiger partial charge in [-0.05, 0) is 18.6 Å². The molecule has 0 spiro atoms. The van der Waals surface area contributed by atoms with Crippen LogP contribution in [0.3, 0.4) is 0 Å². The van der Waals surface area contributed by atoms with E-state index in [9.17, 15) is 0 Å². The second-order valence-electron chi connectivity index (χ2n) is 3.82. The summed E-state index contributed by atoms with van der Waals surface area (Å²) in [6.07, 6.45) is 5.10. The first-order valence-corrected chi connectivity index (χ1v) is 5.77. The molecule has 0 N–H and O–H groups in total. The number of hydroxylamine groups is 2. The van der Waals surface area contributed by atoms with Crippen molar-refractivity contribution in [2.75, 3.05) is 13.6 Å². The zero-order chi connectivity index (χ0) is 10.9. The maximum absolute atomic E-state index is 5.63. The molecular weight excluding hydrogens is 186 g/mol. The standard InChI is InChI=1S/C13H21NO/c1-3-4-5-9-12-14(2)15-13-10-7-6-8-11-13/h6-8,10-11H,3-5,9,12H2,1-2H3. The van der Waals surface area contributed by atoms with Gasteiger partial charge >= 0.3 is 0 Å². The Labute approximate surface area is 92.8 Å². The fourth-order valence-corrected chi connectivity index (χ4v) is 1.47. The summed E-state index contributed by atoms with van der Waals surface area (Å²) in [5.74, 6) is 0.912. The van der Waals surface area contributed by atoms with Crippen LogP contribution in [0.25, 0.3) is 0 Å². The molecule has 0 aliphatic carbocycles. The first-order chi connectivity index (χ1) is 7.33. The van der Waals surface area contributed by atoms with Gasteiger partial charge in [0.25, 0.3) is 0 Å². The summed E-state index contributed by atoms with van der Waals surface area (Å²) < 4.78 is 0. The van der Waals surface area contributed by atoms with Crippen LogP contribution < -0.4 is 4.84 Å². The second-order valence-corrected chi connectivity index (χ2v) is 3.82. The van der Waals surface area contributed by atoms with Crippen LogP contribution in [0.4, 0.5) is 0 Å². The number of nitrogens with zero attached hydrogens (tertiary/aromatic N) is 1. The van der Waals surface area contributed by atoms with Gasteiger partial charge in [0.15, 0.2) is 0 Å². The van der Waals surface area contributed by atoms with Gasteiger partial charge in [-0.25, -0.2) is 0 Å². The normalized spacial score (nSPS) is 10.6. The van der Waals surface area contributed by atoms with Crippen molar-refractivity contribution in [3.8, 4) is 5.75 Å². The van der Waals surface area contributed by atoms with Crippen molar-refractivity contribution in [2.24, 2.45) is 0 Å². The second kappa shape index (κ2) is 7.30. The van der Waals surface area contributed by atoms with E-state index in [1.165, 1.54) is 25.7 Å². The van der Waals surface area contributed by atoms with Crippen molar-refractivity contribution >= 4 is 0 Å². The van der Waals surface area contributed by atoms with E-state index in [4.69, 9.17) is 4.84 Å². The minimum atomic E-state index is 0.912. The Balaban J connectivity index is 2.16. The van der Waals surface area contributed by atoms with Crippen molar-refractivity contribution in [1.82, 2.24) is 5.06 Å². The summed E-state index contributed by atoms with van der Waals surface area (Å²) in [6.45, 7) is 3.22. The number of hydrogen-bond acceptors (Lipinski definition) is 2. The van der Waals surface area contributed by atoms with E-state index >= 15 is 0 Å². The molecule has 1 aromatic rings. The van der Waals surface area contributed by atoms with Crippen LogP contribution in [0, 0.1) is 0 Å². The van der Waals surface area contributed by atoms with E-state index in [1.807, 2.05) is 42.4 Å². The van der Waals surface area contributed by atoms with Crippen molar-refractivity contribution < 1.29 is 4.84 Å². The largest absolute Gasteiger partial charge is 0.406 e. The lowest BCUT2D eigenvalue weighted by Gasteiger charge is -2.17. The number of hydrogen-bond donors (Lipinski definition) is 0. The maximum Gasteiger partial charge on any atom is 0.147 e. The van der Waals surface area contributed by atoms with Crippen LogP contribution in [0.1, 0.15) is 32.6 Å². The van der Waals surface area contributed by atoms with E-state index < -0.39 is 0 Å². The predicted molar refractivity (Wildman–Crippen MR) is 63.8 cm³/mol. The molecule has 0 atom stereocenters. The quantitative estimate of drug-likeness (QED) is 0.501. The lowest BCUT2D eigenvalue weighted by atomic mass is 10.2. The summed E-state index contributed by atoms with van der Waals surface area (Å²) in [4.78, 5) is 5.63. The SMILES string of the molecule is CCCCCCN(C)Oc1ccccc1. The topological polar surface area (TPSA) is 12.5 Å². The van der Waals surface area contributed by atoms with Crippen LogP contribution in [-0.2, 0) is 0 Å². The highest BCUT2D eigenvalue weighted by molar-refractivity contribution is 5.20. The van der Waals surface area contributed by atoms with E-state index in [-0.39, 0.29) is 0 Å². The Morgan fingerprint density at radius 1 is 1.07 bits per heavy atom. The molecule has 0 heterocycles.